The Morgan fingerprint density at radius 3 is 2.34 bits per heavy atom. The number of nitrogens with one attached hydrogen (secondary N) is 1. The van der Waals surface area contributed by atoms with Crippen molar-refractivity contribution in [1.82, 2.24) is 4.98 Å². The van der Waals surface area contributed by atoms with Crippen molar-refractivity contribution in [2.75, 3.05) is 4.90 Å². The largest absolute Gasteiger partial charge is 0.489 e. The molecule has 6 unspecified atom stereocenters. The molecule has 4 aromatic rings. The average molecular weight is 635 g/mol. The highest BCUT2D eigenvalue weighted by molar-refractivity contribution is 8.00. The van der Waals surface area contributed by atoms with Crippen LogP contribution < -0.4 is 14.5 Å². The van der Waals surface area contributed by atoms with E-state index < -0.39 is 35.4 Å². The Bertz CT molecular complexity index is 1840. The summed E-state index contributed by atoms with van der Waals surface area (Å²) >= 11 is 2.75. The van der Waals surface area contributed by atoms with Gasteiger partial charge in [0.1, 0.15) is 12.4 Å². The molecule has 3 fully saturated rings. The molecular weight excluding hydrogens is 610 g/mol. The number of ether oxygens (including phenoxy) is 1. The molecule has 2 aliphatic heterocycles. The van der Waals surface area contributed by atoms with E-state index in [4.69, 9.17) is 4.74 Å². The number of hydrogen-bond acceptors (Lipinski definition) is 6. The zero-order valence-corrected chi connectivity index (χ0v) is 24.6. The lowest BCUT2D eigenvalue weighted by molar-refractivity contribution is -0.137. The summed E-state index contributed by atoms with van der Waals surface area (Å²) in [6, 6.07) is 22.1. The van der Waals surface area contributed by atoms with Crippen LogP contribution in [-0.2, 0) is 22.4 Å². The molecule has 44 heavy (non-hydrogen) atoms. The fourth-order valence-corrected chi connectivity index (χ4v) is 10.9. The van der Waals surface area contributed by atoms with Crippen LogP contribution in [0.25, 0.3) is 0 Å². The molecule has 1 saturated heterocycles. The highest BCUT2D eigenvalue weighted by Crippen LogP contribution is 2.68. The van der Waals surface area contributed by atoms with Gasteiger partial charge in [-0.2, -0.15) is 13.2 Å². The van der Waals surface area contributed by atoms with Gasteiger partial charge in [0.15, 0.2) is 0 Å². The number of carbonyl (C=O) groups is 2. The molecule has 224 valence electrons. The van der Waals surface area contributed by atoms with Crippen LogP contribution in [0.1, 0.15) is 33.9 Å². The Kier molecular flexibility index (Phi) is 6.36. The normalized spacial score (nSPS) is 28.6. The van der Waals surface area contributed by atoms with Crippen LogP contribution in [0.4, 0.5) is 18.9 Å². The Balaban J connectivity index is 1.12. The Morgan fingerprint density at radius 1 is 0.886 bits per heavy atom. The SMILES string of the molecule is O=C1C2C3CC(C2C(=O)N1c1cccc(C(F)(F)F)c1)C1C3Sc2[nH]c(=O)sc2[C@@H]1c1ccc(OCc2ccccc2)cc1. The van der Waals surface area contributed by atoms with E-state index in [0.717, 1.165) is 38.1 Å². The Morgan fingerprint density at radius 2 is 1.61 bits per heavy atom. The van der Waals surface area contributed by atoms with Crippen molar-refractivity contribution in [3.8, 4) is 5.75 Å². The van der Waals surface area contributed by atoms with Crippen LogP contribution in [0.2, 0.25) is 0 Å². The Labute approximate surface area is 258 Å². The first-order valence-corrected chi connectivity index (χ1v) is 16.1. The number of rotatable bonds is 5. The fourth-order valence-electron chi connectivity index (χ4n) is 7.98. The summed E-state index contributed by atoms with van der Waals surface area (Å²) in [5.74, 6) is -1.76. The van der Waals surface area contributed by atoms with Gasteiger partial charge in [-0.1, -0.05) is 59.9 Å². The summed E-state index contributed by atoms with van der Waals surface area (Å²) in [4.78, 5) is 45.0. The molecule has 3 aromatic carbocycles. The van der Waals surface area contributed by atoms with E-state index in [1.807, 2.05) is 54.6 Å². The first-order chi connectivity index (χ1) is 21.2. The number of alkyl halides is 3. The number of amides is 2. The van der Waals surface area contributed by atoms with Crippen LogP contribution in [0.3, 0.4) is 0 Å². The minimum Gasteiger partial charge on any atom is -0.489 e. The molecule has 7 atom stereocenters. The zero-order valence-electron chi connectivity index (χ0n) is 23.0. The molecule has 6 nitrogen and oxygen atoms in total. The van der Waals surface area contributed by atoms with Crippen molar-refractivity contribution in [2.45, 2.75) is 35.4 Å². The topological polar surface area (TPSA) is 79.5 Å². The molecule has 11 heteroatoms. The van der Waals surface area contributed by atoms with Gasteiger partial charge in [0.2, 0.25) is 11.8 Å². The second kappa shape index (κ2) is 10.1. The van der Waals surface area contributed by atoms with Crippen molar-refractivity contribution in [2.24, 2.45) is 29.6 Å². The van der Waals surface area contributed by atoms with E-state index in [0.29, 0.717) is 18.8 Å². The monoisotopic (exact) mass is 634 g/mol. The van der Waals surface area contributed by atoms with E-state index in [2.05, 4.69) is 4.98 Å². The summed E-state index contributed by atoms with van der Waals surface area (Å²) in [6.07, 6.45) is -3.90. The number of H-pyrrole nitrogens is 1. The number of aromatic amines is 1. The average Bonchev–Trinajstić information content (AvgIpc) is 3.75. The van der Waals surface area contributed by atoms with Crippen molar-refractivity contribution in [3.05, 3.63) is 110 Å². The maximum absolute atomic E-state index is 13.9. The van der Waals surface area contributed by atoms with Gasteiger partial charge < -0.3 is 9.72 Å². The number of halogens is 3. The number of fused-ring (bicyclic) bond motifs is 9. The van der Waals surface area contributed by atoms with Gasteiger partial charge in [0.05, 0.1) is 28.1 Å². The van der Waals surface area contributed by atoms with Crippen LogP contribution >= 0.6 is 23.1 Å². The molecule has 0 radical (unpaired) electrons. The van der Waals surface area contributed by atoms with Gasteiger partial charge in [-0.25, -0.2) is 0 Å². The summed E-state index contributed by atoms with van der Waals surface area (Å²) in [6.45, 7) is 0.430. The molecule has 4 aliphatic rings. The maximum atomic E-state index is 13.9. The number of aromatic nitrogens is 1. The number of hydrogen-bond donors (Lipinski definition) is 1. The second-order valence-corrected chi connectivity index (χ2v) is 14.1. The second-order valence-electron chi connectivity index (χ2n) is 11.9. The number of thiazole rings is 1. The lowest BCUT2D eigenvalue weighted by Gasteiger charge is -2.43. The minimum absolute atomic E-state index is 0.0144. The fraction of sp³-hybridized carbons (Fsp3) is 0.303. The third-order valence-corrected chi connectivity index (χ3v) is 12.2. The third kappa shape index (κ3) is 4.27. The number of thioether (sulfide) groups is 1. The van der Waals surface area contributed by atoms with Crippen molar-refractivity contribution < 1.29 is 27.5 Å². The molecule has 2 aliphatic carbocycles. The zero-order chi connectivity index (χ0) is 30.3. The lowest BCUT2D eigenvalue weighted by Crippen LogP contribution is -2.42. The van der Waals surface area contributed by atoms with Gasteiger partial charge >= 0.3 is 11.0 Å². The van der Waals surface area contributed by atoms with Crippen molar-refractivity contribution in [1.29, 1.82) is 0 Å². The molecule has 2 amide bonds. The predicted molar refractivity (Wildman–Crippen MR) is 160 cm³/mol. The summed E-state index contributed by atoms with van der Waals surface area (Å²) in [5, 5.41) is 0.780. The van der Waals surface area contributed by atoms with Gasteiger partial charge in [-0.3, -0.25) is 19.3 Å². The van der Waals surface area contributed by atoms with Crippen LogP contribution in [-0.4, -0.2) is 22.0 Å². The molecule has 2 bridgehead atoms. The van der Waals surface area contributed by atoms with Gasteiger partial charge in [0, 0.05) is 16.0 Å². The molecule has 1 N–H and O–H groups in total. The van der Waals surface area contributed by atoms with E-state index in [-0.39, 0.29) is 39.5 Å². The van der Waals surface area contributed by atoms with Crippen LogP contribution in [0.15, 0.2) is 88.7 Å². The quantitative estimate of drug-likeness (QED) is 0.247. The van der Waals surface area contributed by atoms with Crippen molar-refractivity contribution >= 4 is 40.6 Å². The van der Waals surface area contributed by atoms with E-state index in [1.165, 1.54) is 23.5 Å². The third-order valence-electron chi connectivity index (χ3n) is 9.64. The molecular formula is C33H25F3N2O4S2. The first-order valence-electron chi connectivity index (χ1n) is 14.4. The van der Waals surface area contributed by atoms with E-state index in [1.54, 1.807) is 11.8 Å². The number of nitrogens with zero attached hydrogens (tertiary/aromatic N) is 1. The number of anilines is 1. The van der Waals surface area contributed by atoms with Gasteiger partial charge in [0.25, 0.3) is 0 Å². The summed E-state index contributed by atoms with van der Waals surface area (Å²) in [7, 11) is 0. The molecule has 1 aromatic heterocycles. The summed E-state index contributed by atoms with van der Waals surface area (Å²) in [5.41, 5.74) is 1.12. The van der Waals surface area contributed by atoms with E-state index in [9.17, 15) is 27.6 Å². The molecule has 0 spiro atoms. The highest BCUT2D eigenvalue weighted by Gasteiger charge is 2.69. The smallest absolute Gasteiger partial charge is 0.416 e. The molecule has 8 rings (SSSR count). The van der Waals surface area contributed by atoms with Gasteiger partial charge in [-0.05, 0) is 65.6 Å². The number of carbonyl (C=O) groups excluding carboxylic acids is 2. The van der Waals surface area contributed by atoms with Crippen molar-refractivity contribution in [3.63, 3.8) is 0 Å². The highest BCUT2D eigenvalue weighted by atomic mass is 32.2. The molecule has 2 saturated carbocycles. The van der Waals surface area contributed by atoms with Gasteiger partial charge in [-0.15, -0.1) is 11.8 Å². The number of benzene rings is 3. The minimum atomic E-state index is -4.59. The Hall–Kier alpha value is -3.83. The van der Waals surface area contributed by atoms with E-state index >= 15 is 0 Å². The first kappa shape index (κ1) is 27.7. The summed E-state index contributed by atoms with van der Waals surface area (Å²) < 4.78 is 46.4. The molecule has 3 heterocycles. The van der Waals surface area contributed by atoms with Crippen LogP contribution in [0.5, 0.6) is 5.75 Å². The maximum Gasteiger partial charge on any atom is 0.416 e. The predicted octanol–water partition coefficient (Wildman–Crippen LogP) is 6.71. The lowest BCUT2D eigenvalue weighted by atomic mass is 9.68. The standard InChI is InChI=1S/C33H25F3N2O4S2/c34-33(35,36)18-7-4-8-19(13-18)38-30(39)25-21-14-22(26(25)31(38)40)27-24(21)23(28-29(43-27)37-32(41)44-28)17-9-11-20(12-10-17)42-15-16-5-2-1-3-6-16/h1-13,21-27H,14-15H2,(H,37,41)/t21?,22?,23-,24?,25?,26?,27?/m1/s1. The number of imide groups is 1. The van der Waals surface area contributed by atoms with Crippen LogP contribution in [0, 0.1) is 29.6 Å².